The number of hydrogen-bond donors (Lipinski definition) is 1. The molecule has 0 saturated heterocycles. The number of rotatable bonds is 4. The smallest absolute Gasteiger partial charge is 0.0412 e. The molecule has 1 aromatic carbocycles. The van der Waals surface area contributed by atoms with Crippen molar-refractivity contribution in [1.82, 2.24) is 5.32 Å². The lowest BCUT2D eigenvalue weighted by molar-refractivity contribution is 0.369. The van der Waals surface area contributed by atoms with Gasteiger partial charge in [0, 0.05) is 5.54 Å². The SMILES string of the molecule is C=CCCNC1(C)CCc2ccccc21. The average Bonchev–Trinajstić information content (AvgIpc) is 2.59. The van der Waals surface area contributed by atoms with Crippen LogP contribution in [0.15, 0.2) is 36.9 Å². The van der Waals surface area contributed by atoms with E-state index in [0.29, 0.717) is 0 Å². The van der Waals surface area contributed by atoms with Crippen LogP contribution in [0.5, 0.6) is 0 Å². The van der Waals surface area contributed by atoms with E-state index in [4.69, 9.17) is 0 Å². The monoisotopic (exact) mass is 201 g/mol. The second-order valence-electron chi connectivity index (χ2n) is 4.49. The van der Waals surface area contributed by atoms with E-state index in [2.05, 4.69) is 43.1 Å². The zero-order valence-corrected chi connectivity index (χ0v) is 9.42. The maximum Gasteiger partial charge on any atom is 0.0412 e. The van der Waals surface area contributed by atoms with Crippen LogP contribution in [0.4, 0.5) is 0 Å². The Kier molecular flexibility index (Phi) is 2.92. The van der Waals surface area contributed by atoms with E-state index < -0.39 is 0 Å². The summed E-state index contributed by atoms with van der Waals surface area (Å²) in [5, 5.41) is 3.64. The van der Waals surface area contributed by atoms with E-state index in [9.17, 15) is 0 Å². The maximum atomic E-state index is 3.75. The number of fused-ring (bicyclic) bond motifs is 1. The molecule has 0 amide bonds. The van der Waals surface area contributed by atoms with E-state index in [1.54, 1.807) is 0 Å². The molecular weight excluding hydrogens is 182 g/mol. The molecule has 1 unspecified atom stereocenters. The largest absolute Gasteiger partial charge is 0.307 e. The van der Waals surface area contributed by atoms with Gasteiger partial charge in [-0.05, 0) is 43.9 Å². The maximum absolute atomic E-state index is 3.75. The van der Waals surface area contributed by atoms with Crippen LogP contribution in [0.3, 0.4) is 0 Å². The van der Waals surface area contributed by atoms with Crippen LogP contribution in [0.25, 0.3) is 0 Å². The molecule has 0 bridgehead atoms. The molecule has 1 aromatic rings. The van der Waals surface area contributed by atoms with E-state index >= 15 is 0 Å². The number of benzene rings is 1. The van der Waals surface area contributed by atoms with Gasteiger partial charge in [0.05, 0.1) is 0 Å². The molecule has 1 aliphatic rings. The first-order valence-electron chi connectivity index (χ1n) is 5.70. The Bertz CT molecular complexity index is 356. The Balaban J connectivity index is 2.13. The fraction of sp³-hybridized carbons (Fsp3) is 0.429. The van der Waals surface area contributed by atoms with E-state index in [0.717, 1.165) is 13.0 Å². The van der Waals surface area contributed by atoms with Crippen LogP contribution >= 0.6 is 0 Å². The molecule has 0 radical (unpaired) electrons. The summed E-state index contributed by atoms with van der Waals surface area (Å²) in [6.45, 7) is 7.08. The third-order valence-corrected chi connectivity index (χ3v) is 3.37. The van der Waals surface area contributed by atoms with E-state index in [-0.39, 0.29) is 5.54 Å². The first kappa shape index (κ1) is 10.4. The normalized spacial score (nSPS) is 23.8. The fourth-order valence-corrected chi connectivity index (χ4v) is 2.43. The lowest BCUT2D eigenvalue weighted by atomic mass is 9.94. The minimum absolute atomic E-state index is 0.180. The Morgan fingerprint density at radius 2 is 2.27 bits per heavy atom. The molecule has 0 saturated carbocycles. The van der Waals surface area contributed by atoms with Crippen LogP contribution in [0.1, 0.15) is 30.9 Å². The summed E-state index contributed by atoms with van der Waals surface area (Å²) < 4.78 is 0. The minimum Gasteiger partial charge on any atom is -0.307 e. The van der Waals surface area contributed by atoms with Crippen LogP contribution in [0, 0.1) is 0 Å². The van der Waals surface area contributed by atoms with Gasteiger partial charge in [0.2, 0.25) is 0 Å². The molecule has 1 heteroatoms. The first-order valence-corrected chi connectivity index (χ1v) is 5.70. The lowest BCUT2D eigenvalue weighted by Gasteiger charge is -2.27. The third-order valence-electron chi connectivity index (χ3n) is 3.37. The van der Waals surface area contributed by atoms with Crippen molar-refractivity contribution in [3.8, 4) is 0 Å². The Hall–Kier alpha value is -1.08. The van der Waals surface area contributed by atoms with E-state index in [1.807, 2.05) is 6.08 Å². The van der Waals surface area contributed by atoms with Gasteiger partial charge in [-0.1, -0.05) is 30.3 Å². The molecule has 0 heterocycles. The van der Waals surface area contributed by atoms with Gasteiger partial charge in [-0.2, -0.15) is 0 Å². The zero-order valence-electron chi connectivity index (χ0n) is 9.42. The highest BCUT2D eigenvalue weighted by atomic mass is 15.0. The molecule has 2 rings (SSSR count). The van der Waals surface area contributed by atoms with Crippen molar-refractivity contribution < 1.29 is 0 Å². The van der Waals surface area contributed by atoms with Crippen LogP contribution < -0.4 is 5.32 Å². The zero-order chi connectivity index (χ0) is 10.7. The molecule has 0 aliphatic heterocycles. The molecule has 1 N–H and O–H groups in total. The van der Waals surface area contributed by atoms with Crippen LogP contribution in [-0.2, 0) is 12.0 Å². The molecular formula is C14H19N. The molecule has 80 valence electrons. The summed E-state index contributed by atoms with van der Waals surface area (Å²) in [4.78, 5) is 0. The minimum atomic E-state index is 0.180. The van der Waals surface area contributed by atoms with Gasteiger partial charge in [0.1, 0.15) is 0 Å². The summed E-state index contributed by atoms with van der Waals surface area (Å²) in [5.41, 5.74) is 3.17. The lowest BCUT2D eigenvalue weighted by Crippen LogP contribution is -2.37. The first-order chi connectivity index (χ1) is 7.26. The van der Waals surface area contributed by atoms with Crippen molar-refractivity contribution in [2.75, 3.05) is 6.54 Å². The summed E-state index contributed by atoms with van der Waals surface area (Å²) >= 11 is 0. The molecule has 0 aromatic heterocycles. The fourth-order valence-electron chi connectivity index (χ4n) is 2.43. The highest BCUT2D eigenvalue weighted by Crippen LogP contribution is 2.36. The van der Waals surface area contributed by atoms with Crippen molar-refractivity contribution in [2.45, 2.75) is 31.7 Å². The van der Waals surface area contributed by atoms with Gasteiger partial charge in [-0.15, -0.1) is 6.58 Å². The summed E-state index contributed by atoms with van der Waals surface area (Å²) in [6.07, 6.45) is 5.42. The van der Waals surface area contributed by atoms with Gasteiger partial charge < -0.3 is 5.32 Å². The van der Waals surface area contributed by atoms with E-state index in [1.165, 1.54) is 24.0 Å². The van der Waals surface area contributed by atoms with Gasteiger partial charge >= 0.3 is 0 Å². The van der Waals surface area contributed by atoms with Crippen molar-refractivity contribution >= 4 is 0 Å². The number of hydrogen-bond acceptors (Lipinski definition) is 1. The predicted molar refractivity (Wildman–Crippen MR) is 64.9 cm³/mol. The Morgan fingerprint density at radius 1 is 1.47 bits per heavy atom. The summed E-state index contributed by atoms with van der Waals surface area (Å²) in [7, 11) is 0. The van der Waals surface area contributed by atoms with Crippen molar-refractivity contribution in [2.24, 2.45) is 0 Å². The highest BCUT2D eigenvalue weighted by molar-refractivity contribution is 5.37. The highest BCUT2D eigenvalue weighted by Gasteiger charge is 2.32. The standard InChI is InChI=1S/C14H19N/c1-3-4-11-15-14(2)10-9-12-7-5-6-8-13(12)14/h3,5-8,15H,1,4,9-11H2,2H3. The van der Waals surface area contributed by atoms with Gasteiger partial charge in [0.15, 0.2) is 0 Å². The third kappa shape index (κ3) is 1.98. The molecule has 15 heavy (non-hydrogen) atoms. The predicted octanol–water partition coefficient (Wildman–Crippen LogP) is 3.01. The molecule has 0 fully saturated rings. The average molecular weight is 201 g/mol. The molecule has 1 nitrogen and oxygen atoms in total. The molecule has 1 atom stereocenters. The Labute approximate surface area is 92.2 Å². The topological polar surface area (TPSA) is 12.0 Å². The van der Waals surface area contributed by atoms with Gasteiger partial charge in [0.25, 0.3) is 0 Å². The van der Waals surface area contributed by atoms with Crippen molar-refractivity contribution in [3.05, 3.63) is 48.0 Å². The molecule has 1 aliphatic carbocycles. The second-order valence-corrected chi connectivity index (χ2v) is 4.49. The summed E-state index contributed by atoms with van der Waals surface area (Å²) in [6, 6.07) is 8.77. The van der Waals surface area contributed by atoms with Crippen LogP contribution in [0.2, 0.25) is 0 Å². The second kappa shape index (κ2) is 4.19. The van der Waals surface area contributed by atoms with Crippen LogP contribution in [-0.4, -0.2) is 6.54 Å². The summed E-state index contributed by atoms with van der Waals surface area (Å²) in [5.74, 6) is 0. The van der Waals surface area contributed by atoms with Crippen molar-refractivity contribution in [3.63, 3.8) is 0 Å². The Morgan fingerprint density at radius 3 is 3.07 bits per heavy atom. The molecule has 0 spiro atoms. The van der Waals surface area contributed by atoms with Gasteiger partial charge in [-0.25, -0.2) is 0 Å². The quantitative estimate of drug-likeness (QED) is 0.583. The van der Waals surface area contributed by atoms with Gasteiger partial charge in [-0.3, -0.25) is 0 Å². The number of nitrogens with one attached hydrogen (secondary N) is 1. The number of aryl methyl sites for hydroxylation is 1. The van der Waals surface area contributed by atoms with Crippen molar-refractivity contribution in [1.29, 1.82) is 0 Å².